The lowest BCUT2D eigenvalue weighted by molar-refractivity contribution is -0.975. The molecule has 0 unspecified atom stereocenters. The summed E-state index contributed by atoms with van der Waals surface area (Å²) in [6.45, 7) is 27.4. The van der Waals surface area contributed by atoms with Gasteiger partial charge in [0.2, 0.25) is 18.7 Å². The van der Waals surface area contributed by atoms with Gasteiger partial charge in [0, 0.05) is 37.5 Å². The summed E-state index contributed by atoms with van der Waals surface area (Å²) >= 11 is 0. The number of ether oxygens (including phenoxy) is 3. The number of hydrogen-bond acceptors (Lipinski definition) is 6. The fourth-order valence-corrected chi connectivity index (χ4v) is 7.38. The van der Waals surface area contributed by atoms with Gasteiger partial charge in [-0.15, -0.1) is 15.0 Å². The predicted molar refractivity (Wildman–Crippen MR) is 205 cm³/mol. The van der Waals surface area contributed by atoms with E-state index in [1.807, 2.05) is 0 Å². The Morgan fingerprint density at radius 2 is 0.608 bits per heavy atom. The highest BCUT2D eigenvalue weighted by Crippen LogP contribution is 2.28. The van der Waals surface area contributed by atoms with Crippen molar-refractivity contribution in [1.29, 1.82) is 0 Å². The maximum atomic E-state index is 6.69. The van der Waals surface area contributed by atoms with Crippen LogP contribution in [0.4, 0.5) is 0 Å². The van der Waals surface area contributed by atoms with Gasteiger partial charge in [-0.1, -0.05) is 91.0 Å². The quantitative estimate of drug-likeness (QED) is 0.0645. The number of aromatic nitrogens is 3. The SMILES string of the molecule is CC[N+](CC)(Cc1ccccc1)[C@H](C)Oc1nc(O[C@@H](C)[N+](CC)(CC)Cc2ccccc2)nc(O[C@@H](C)[N+](CC)(CC)Cc2ccccc2)n1. The van der Waals surface area contributed by atoms with Crippen LogP contribution in [-0.4, -0.2) is 86.4 Å². The molecule has 276 valence electrons. The van der Waals surface area contributed by atoms with Crippen molar-refractivity contribution in [3.8, 4) is 18.0 Å². The Balaban J connectivity index is 1.69. The van der Waals surface area contributed by atoms with Crippen LogP contribution in [0.3, 0.4) is 0 Å². The molecule has 9 heteroatoms. The Morgan fingerprint density at radius 3 is 0.804 bits per heavy atom. The third-order valence-corrected chi connectivity index (χ3v) is 11.5. The lowest BCUT2D eigenvalue weighted by atomic mass is 10.1. The smallest absolute Gasteiger partial charge is 0.330 e. The highest BCUT2D eigenvalue weighted by atomic mass is 16.6. The van der Waals surface area contributed by atoms with E-state index in [0.717, 1.165) is 58.9 Å². The summed E-state index contributed by atoms with van der Waals surface area (Å²) in [6, 6.07) is 32.4. The van der Waals surface area contributed by atoms with Crippen LogP contribution < -0.4 is 14.2 Å². The topological polar surface area (TPSA) is 66.4 Å². The average molecular weight is 700 g/mol. The molecule has 0 aliphatic heterocycles. The molecule has 0 N–H and O–H groups in total. The van der Waals surface area contributed by atoms with E-state index in [1.165, 1.54) is 16.7 Å². The molecule has 0 aliphatic rings. The first kappa shape index (κ1) is 39.7. The van der Waals surface area contributed by atoms with Crippen molar-refractivity contribution in [1.82, 2.24) is 15.0 Å². The Hall–Kier alpha value is -4.05. The summed E-state index contributed by atoms with van der Waals surface area (Å²) in [5.74, 6) is 0. The Kier molecular flexibility index (Phi) is 14.4. The summed E-state index contributed by atoms with van der Waals surface area (Å²) < 4.78 is 22.2. The average Bonchev–Trinajstić information content (AvgIpc) is 3.16. The molecule has 1 heterocycles. The summed E-state index contributed by atoms with van der Waals surface area (Å²) in [4.78, 5) is 14.4. The van der Waals surface area contributed by atoms with E-state index < -0.39 is 0 Å². The first-order chi connectivity index (χ1) is 24.6. The van der Waals surface area contributed by atoms with E-state index >= 15 is 0 Å². The fourth-order valence-electron chi connectivity index (χ4n) is 7.38. The van der Waals surface area contributed by atoms with Crippen LogP contribution in [0.1, 0.15) is 79.0 Å². The molecule has 3 atom stereocenters. The largest absolute Gasteiger partial charge is 0.410 e. The van der Waals surface area contributed by atoms with Crippen molar-refractivity contribution in [2.45, 2.75) is 101 Å². The number of nitrogens with zero attached hydrogens (tertiary/aromatic N) is 6. The molecule has 0 saturated heterocycles. The van der Waals surface area contributed by atoms with Crippen LogP contribution in [0.25, 0.3) is 0 Å². The highest BCUT2D eigenvalue weighted by molar-refractivity contribution is 5.15. The lowest BCUT2D eigenvalue weighted by Gasteiger charge is -2.42. The van der Waals surface area contributed by atoms with Crippen molar-refractivity contribution in [3.05, 3.63) is 108 Å². The molecule has 1 aromatic heterocycles. The van der Waals surface area contributed by atoms with Crippen molar-refractivity contribution < 1.29 is 27.7 Å². The molecule has 0 fully saturated rings. The van der Waals surface area contributed by atoms with Gasteiger partial charge in [0.25, 0.3) is 0 Å². The molecule has 0 radical (unpaired) electrons. The van der Waals surface area contributed by atoms with E-state index in [4.69, 9.17) is 29.2 Å². The number of benzene rings is 3. The second kappa shape index (κ2) is 18.4. The van der Waals surface area contributed by atoms with Gasteiger partial charge in [-0.2, -0.15) is 0 Å². The molecule has 4 aromatic rings. The molecule has 9 nitrogen and oxygen atoms in total. The first-order valence-corrected chi connectivity index (χ1v) is 19.0. The minimum absolute atomic E-state index is 0.211. The molecule has 51 heavy (non-hydrogen) atoms. The molecule has 0 spiro atoms. The van der Waals surface area contributed by atoms with Gasteiger partial charge in [0.05, 0.1) is 39.3 Å². The maximum absolute atomic E-state index is 6.69. The van der Waals surface area contributed by atoms with Crippen LogP contribution >= 0.6 is 0 Å². The Labute approximate surface area is 307 Å². The van der Waals surface area contributed by atoms with Crippen LogP contribution in [0.15, 0.2) is 91.0 Å². The van der Waals surface area contributed by atoms with Crippen molar-refractivity contribution in [2.75, 3.05) is 39.3 Å². The second-order valence-corrected chi connectivity index (χ2v) is 13.8. The Bertz CT molecular complexity index is 1380. The fraction of sp³-hybridized carbons (Fsp3) is 0.500. The molecular formula is C42H63N6O3+3. The predicted octanol–water partition coefficient (Wildman–Crippen LogP) is 8.22. The first-order valence-electron chi connectivity index (χ1n) is 19.0. The third kappa shape index (κ3) is 9.84. The summed E-state index contributed by atoms with van der Waals surface area (Å²) in [5, 5.41) is 0. The molecule has 4 rings (SSSR count). The zero-order valence-electron chi connectivity index (χ0n) is 32.7. The number of rotatable bonds is 21. The van der Waals surface area contributed by atoms with Gasteiger partial charge in [-0.25, -0.2) is 0 Å². The van der Waals surface area contributed by atoms with Crippen LogP contribution in [0.5, 0.6) is 18.0 Å². The third-order valence-electron chi connectivity index (χ3n) is 11.5. The van der Waals surface area contributed by atoms with E-state index in [2.05, 4.69) is 153 Å². The van der Waals surface area contributed by atoms with Gasteiger partial charge < -0.3 is 14.2 Å². The lowest BCUT2D eigenvalue weighted by Crippen LogP contribution is -2.56. The zero-order chi connectivity index (χ0) is 36.9. The van der Waals surface area contributed by atoms with Crippen molar-refractivity contribution in [3.63, 3.8) is 0 Å². The minimum Gasteiger partial charge on any atom is -0.410 e. The summed E-state index contributed by atoms with van der Waals surface area (Å²) in [5.41, 5.74) is 3.80. The van der Waals surface area contributed by atoms with Crippen LogP contribution in [-0.2, 0) is 19.6 Å². The minimum atomic E-state index is -0.239. The summed E-state index contributed by atoms with van der Waals surface area (Å²) in [6.07, 6.45) is -0.718. The highest BCUT2D eigenvalue weighted by Gasteiger charge is 2.37. The molecule has 0 saturated carbocycles. The van der Waals surface area contributed by atoms with E-state index in [-0.39, 0.29) is 36.7 Å². The molecular weight excluding hydrogens is 637 g/mol. The van der Waals surface area contributed by atoms with E-state index in [1.54, 1.807) is 0 Å². The maximum Gasteiger partial charge on any atom is 0.330 e. The van der Waals surface area contributed by atoms with E-state index in [0.29, 0.717) is 13.4 Å². The van der Waals surface area contributed by atoms with Crippen LogP contribution in [0.2, 0.25) is 0 Å². The molecule has 0 bridgehead atoms. The van der Waals surface area contributed by atoms with Crippen molar-refractivity contribution >= 4 is 0 Å². The molecule has 3 aromatic carbocycles. The van der Waals surface area contributed by atoms with E-state index in [9.17, 15) is 0 Å². The van der Waals surface area contributed by atoms with Gasteiger partial charge in [-0.3, -0.25) is 13.4 Å². The summed E-state index contributed by atoms with van der Waals surface area (Å²) in [7, 11) is 0. The molecule has 0 aliphatic carbocycles. The monoisotopic (exact) mass is 699 g/mol. The van der Waals surface area contributed by atoms with Crippen molar-refractivity contribution in [2.24, 2.45) is 0 Å². The zero-order valence-corrected chi connectivity index (χ0v) is 32.7. The normalized spacial score (nSPS) is 14.1. The van der Waals surface area contributed by atoms with Crippen LogP contribution in [0, 0.1) is 0 Å². The standard InChI is InChI=1S/C42H63N6O3/c1-10-46(11-2,31-37-25-19-16-20-26-37)34(7)49-40-43-41(50-35(8)47(12-3,13-4)32-38-27-21-17-22-28-38)45-42(44-40)51-36(9)48(14-5,15-6)33-39-29-23-18-24-30-39/h16-30,34-36H,10-15,31-33H2,1-9H3/q+3/t34-,35-,36-/m0/s1. The molecule has 0 amide bonds. The van der Waals surface area contributed by atoms with Gasteiger partial charge in [-0.05, 0) is 41.5 Å². The number of hydrogen-bond donors (Lipinski definition) is 0. The Morgan fingerprint density at radius 1 is 0.392 bits per heavy atom. The van der Waals surface area contributed by atoms with Gasteiger partial charge in [0.1, 0.15) is 19.6 Å². The number of quaternary nitrogens is 3. The van der Waals surface area contributed by atoms with Gasteiger partial charge in [0.15, 0.2) is 0 Å². The second-order valence-electron chi connectivity index (χ2n) is 13.8. The van der Waals surface area contributed by atoms with Gasteiger partial charge >= 0.3 is 18.0 Å².